The van der Waals surface area contributed by atoms with Gasteiger partial charge in [-0.25, -0.2) is 5.84 Å². The van der Waals surface area contributed by atoms with Gasteiger partial charge < -0.3 is 9.47 Å². The van der Waals surface area contributed by atoms with Crippen molar-refractivity contribution >= 4 is 5.95 Å². The van der Waals surface area contributed by atoms with Crippen molar-refractivity contribution in [2.24, 2.45) is 5.84 Å². The van der Waals surface area contributed by atoms with Crippen molar-refractivity contribution in [1.82, 2.24) is 24.7 Å². The Labute approximate surface area is 116 Å². The molecule has 3 N–H and O–H groups in total. The van der Waals surface area contributed by atoms with Crippen molar-refractivity contribution in [2.75, 3.05) is 12.0 Å². The number of anilines is 1. The predicted octanol–water partition coefficient (Wildman–Crippen LogP) is 0.955. The Balaban J connectivity index is 2.16. The summed E-state index contributed by atoms with van der Waals surface area (Å²) in [4.78, 5) is 11.9. The van der Waals surface area contributed by atoms with Crippen molar-refractivity contribution in [2.45, 2.75) is 26.8 Å². The molecule has 20 heavy (non-hydrogen) atoms. The highest BCUT2D eigenvalue weighted by atomic mass is 16.5. The van der Waals surface area contributed by atoms with E-state index in [0.29, 0.717) is 12.4 Å². The van der Waals surface area contributed by atoms with Gasteiger partial charge in [-0.15, -0.1) is 4.98 Å². The maximum atomic E-state index is 5.51. The third kappa shape index (κ3) is 3.54. The molecule has 0 aliphatic rings. The summed E-state index contributed by atoms with van der Waals surface area (Å²) in [6, 6.07) is 0.235. The first-order valence-electron chi connectivity index (χ1n) is 6.31. The minimum Gasteiger partial charge on any atom is -0.464 e. The van der Waals surface area contributed by atoms with Crippen LogP contribution in [-0.4, -0.2) is 31.3 Å². The fourth-order valence-electron chi connectivity index (χ4n) is 1.50. The molecule has 2 aromatic heterocycles. The third-order valence-corrected chi connectivity index (χ3v) is 2.27. The average molecular weight is 279 g/mol. The van der Waals surface area contributed by atoms with E-state index in [2.05, 4.69) is 32.4 Å². The second-order valence-corrected chi connectivity index (χ2v) is 3.84. The number of hydrazine groups is 1. The maximum Gasteiger partial charge on any atom is 0.330 e. The lowest BCUT2D eigenvalue weighted by atomic mass is 10.5. The van der Waals surface area contributed by atoms with Crippen LogP contribution < -0.4 is 20.7 Å². The summed E-state index contributed by atoms with van der Waals surface area (Å²) < 4.78 is 12.5. The quantitative estimate of drug-likeness (QED) is 0.569. The highest BCUT2D eigenvalue weighted by molar-refractivity contribution is 5.27. The molecule has 0 saturated heterocycles. The van der Waals surface area contributed by atoms with Crippen LogP contribution in [0.5, 0.6) is 17.8 Å². The Bertz CT molecular complexity index is 557. The molecule has 0 aliphatic heterocycles. The molecule has 2 rings (SSSR count). The van der Waals surface area contributed by atoms with E-state index in [4.69, 9.17) is 15.3 Å². The van der Waals surface area contributed by atoms with E-state index in [1.165, 1.54) is 0 Å². The normalized spacial score (nSPS) is 10.3. The molecule has 108 valence electrons. The first-order chi connectivity index (χ1) is 9.75. The largest absolute Gasteiger partial charge is 0.464 e. The first kappa shape index (κ1) is 14.0. The van der Waals surface area contributed by atoms with Gasteiger partial charge in [0.2, 0.25) is 5.95 Å². The second kappa shape index (κ2) is 6.66. The van der Waals surface area contributed by atoms with Crippen LogP contribution in [0.15, 0.2) is 12.4 Å². The Morgan fingerprint density at radius 2 is 2.05 bits per heavy atom. The van der Waals surface area contributed by atoms with E-state index in [9.17, 15) is 0 Å². The van der Waals surface area contributed by atoms with E-state index in [0.717, 1.165) is 13.0 Å². The van der Waals surface area contributed by atoms with Gasteiger partial charge in [0.25, 0.3) is 0 Å². The topological polar surface area (TPSA) is 113 Å². The van der Waals surface area contributed by atoms with Gasteiger partial charge in [0.1, 0.15) is 0 Å². The molecule has 0 spiro atoms. The van der Waals surface area contributed by atoms with Gasteiger partial charge in [-0.1, -0.05) is 6.92 Å². The third-order valence-electron chi connectivity index (χ3n) is 2.27. The number of ether oxygens (including phenoxy) is 2. The van der Waals surface area contributed by atoms with E-state index >= 15 is 0 Å². The van der Waals surface area contributed by atoms with Gasteiger partial charge >= 0.3 is 12.0 Å². The van der Waals surface area contributed by atoms with Gasteiger partial charge in [0, 0.05) is 6.54 Å². The fraction of sp³-hybridized carbons (Fsp3) is 0.455. The minimum absolute atomic E-state index is 0.0902. The molecule has 0 atom stereocenters. The summed E-state index contributed by atoms with van der Waals surface area (Å²) in [6.45, 7) is 5.15. The van der Waals surface area contributed by atoms with Crippen molar-refractivity contribution < 1.29 is 9.47 Å². The van der Waals surface area contributed by atoms with Crippen LogP contribution in [0.25, 0.3) is 0 Å². The molecule has 2 aromatic rings. The molecule has 9 nitrogen and oxygen atoms in total. The minimum atomic E-state index is 0.0902. The number of aryl methyl sites for hydroxylation is 1. The number of nitrogens with zero attached hydrogens (tertiary/aromatic N) is 5. The van der Waals surface area contributed by atoms with Crippen LogP contribution >= 0.6 is 0 Å². The summed E-state index contributed by atoms with van der Waals surface area (Å²) in [5.74, 6) is 5.99. The summed E-state index contributed by atoms with van der Waals surface area (Å²) in [5.41, 5.74) is 2.33. The molecular weight excluding hydrogens is 262 g/mol. The lowest BCUT2D eigenvalue weighted by Crippen LogP contribution is -2.12. The van der Waals surface area contributed by atoms with E-state index < -0.39 is 0 Å². The van der Waals surface area contributed by atoms with Gasteiger partial charge in [-0.2, -0.15) is 15.1 Å². The molecule has 2 heterocycles. The molecular formula is C11H17N7O2. The van der Waals surface area contributed by atoms with Crippen molar-refractivity contribution in [3.8, 4) is 17.8 Å². The van der Waals surface area contributed by atoms with Gasteiger partial charge in [0.05, 0.1) is 19.0 Å². The number of nitrogens with two attached hydrogens (primary N) is 1. The molecule has 0 fully saturated rings. The Hall–Kier alpha value is -2.42. The molecule has 0 bridgehead atoms. The standard InChI is InChI=1S/C11H17N7O2/c1-3-5-18-7-8(6-13-18)20-11-15-9(17-12)14-10(16-11)19-4-2/h6-7H,3-5,12H2,1-2H3,(H,14,15,16,17). The maximum absolute atomic E-state index is 5.51. The molecule has 9 heteroatoms. The second-order valence-electron chi connectivity index (χ2n) is 3.84. The van der Waals surface area contributed by atoms with Crippen molar-refractivity contribution in [3.05, 3.63) is 12.4 Å². The lowest BCUT2D eigenvalue weighted by Gasteiger charge is -2.06. The van der Waals surface area contributed by atoms with E-state index in [1.807, 2.05) is 6.92 Å². The SMILES string of the molecule is CCCn1cc(Oc2nc(NN)nc(OCC)n2)cn1. The summed E-state index contributed by atoms with van der Waals surface area (Å²) in [6.07, 6.45) is 4.35. The molecule has 0 amide bonds. The van der Waals surface area contributed by atoms with Crippen molar-refractivity contribution in [3.63, 3.8) is 0 Å². The first-order valence-corrected chi connectivity index (χ1v) is 6.31. The smallest absolute Gasteiger partial charge is 0.330 e. The molecule has 0 radical (unpaired) electrons. The number of rotatable bonds is 7. The van der Waals surface area contributed by atoms with Crippen LogP contribution in [0.4, 0.5) is 5.95 Å². The lowest BCUT2D eigenvalue weighted by molar-refractivity contribution is 0.304. The zero-order valence-corrected chi connectivity index (χ0v) is 11.4. The number of hydrogen-bond donors (Lipinski definition) is 2. The summed E-state index contributed by atoms with van der Waals surface area (Å²) >= 11 is 0. The van der Waals surface area contributed by atoms with Crippen molar-refractivity contribution in [1.29, 1.82) is 0 Å². The Kier molecular flexibility index (Phi) is 4.66. The average Bonchev–Trinajstić information content (AvgIpc) is 2.86. The number of hydrogen-bond acceptors (Lipinski definition) is 8. The molecule has 0 unspecified atom stereocenters. The fourth-order valence-corrected chi connectivity index (χ4v) is 1.50. The van der Waals surface area contributed by atoms with Gasteiger partial charge in [-0.3, -0.25) is 10.1 Å². The van der Waals surface area contributed by atoms with E-state index in [-0.39, 0.29) is 18.0 Å². The zero-order chi connectivity index (χ0) is 14.4. The van der Waals surface area contributed by atoms with E-state index in [1.54, 1.807) is 17.1 Å². The van der Waals surface area contributed by atoms with Crippen LogP contribution in [-0.2, 0) is 6.54 Å². The van der Waals surface area contributed by atoms with Crippen LogP contribution in [0.3, 0.4) is 0 Å². The number of nitrogens with one attached hydrogen (secondary N) is 1. The van der Waals surface area contributed by atoms with Gasteiger partial charge in [-0.05, 0) is 13.3 Å². The highest BCUT2D eigenvalue weighted by Crippen LogP contribution is 2.19. The predicted molar refractivity (Wildman–Crippen MR) is 71.4 cm³/mol. The van der Waals surface area contributed by atoms with Crippen LogP contribution in [0.2, 0.25) is 0 Å². The number of aromatic nitrogens is 5. The van der Waals surface area contributed by atoms with Crippen LogP contribution in [0.1, 0.15) is 20.3 Å². The Morgan fingerprint density at radius 3 is 2.75 bits per heavy atom. The highest BCUT2D eigenvalue weighted by Gasteiger charge is 2.09. The monoisotopic (exact) mass is 279 g/mol. The van der Waals surface area contributed by atoms with Gasteiger partial charge in [0.15, 0.2) is 5.75 Å². The summed E-state index contributed by atoms with van der Waals surface area (Å²) in [5, 5.41) is 4.15. The Morgan fingerprint density at radius 1 is 1.25 bits per heavy atom. The van der Waals surface area contributed by atoms with Crippen LogP contribution in [0, 0.1) is 0 Å². The summed E-state index contributed by atoms with van der Waals surface area (Å²) in [7, 11) is 0. The molecule has 0 aliphatic carbocycles. The number of nitrogen functional groups attached to an aromatic ring is 1. The zero-order valence-electron chi connectivity index (χ0n) is 11.4. The molecule has 0 saturated carbocycles. The molecule has 0 aromatic carbocycles.